The number of nitro groups is 1. The molecule has 0 saturated heterocycles. The first-order valence-corrected chi connectivity index (χ1v) is 5.13. The number of carbonyl (C=O) groups is 1. The van der Waals surface area contributed by atoms with Crippen LogP contribution in [0.5, 0.6) is 0 Å². The maximum atomic E-state index is 10.8. The zero-order valence-electron chi connectivity index (χ0n) is 8.09. The third kappa shape index (κ3) is 2.56. The molecule has 1 rings (SSSR count). The molecule has 0 aliphatic carbocycles. The highest BCUT2D eigenvalue weighted by Crippen LogP contribution is 2.28. The Morgan fingerprint density at radius 2 is 2.25 bits per heavy atom. The van der Waals surface area contributed by atoms with E-state index in [0.717, 1.165) is 0 Å². The first-order valence-electron chi connectivity index (χ1n) is 4.34. The summed E-state index contributed by atoms with van der Waals surface area (Å²) in [6.07, 6.45) is 0. The number of carboxylic acid groups (broad SMARTS) is 1. The number of hydrogen-bond acceptors (Lipinski definition) is 4. The number of benzene rings is 1. The molecule has 0 spiro atoms. The smallest absolute Gasteiger partial charge is 0.312 e. The van der Waals surface area contributed by atoms with Gasteiger partial charge >= 0.3 is 5.97 Å². The molecule has 0 heterocycles. The maximum absolute atomic E-state index is 10.8. The quantitative estimate of drug-likeness (QED) is 0.645. The average Bonchev–Trinajstić information content (AvgIpc) is 2.20. The van der Waals surface area contributed by atoms with Crippen LogP contribution in [0, 0.1) is 10.1 Å². The molecule has 0 aliphatic rings. The Kier molecular flexibility index (Phi) is 3.97. The molecule has 0 amide bonds. The van der Waals surface area contributed by atoms with Gasteiger partial charge in [0.2, 0.25) is 0 Å². The predicted octanol–water partition coefficient (Wildman–Crippen LogP) is 1.48. The van der Waals surface area contributed by atoms with E-state index in [-0.39, 0.29) is 12.2 Å². The van der Waals surface area contributed by atoms with Gasteiger partial charge in [-0.25, -0.2) is 0 Å². The van der Waals surface area contributed by atoms with Gasteiger partial charge in [0.1, 0.15) is 0 Å². The topological polar surface area (TPSA) is 106 Å². The van der Waals surface area contributed by atoms with Crippen molar-refractivity contribution in [2.75, 3.05) is 6.54 Å². The molecule has 1 unspecified atom stereocenters. The van der Waals surface area contributed by atoms with Crippen molar-refractivity contribution in [3.05, 3.63) is 38.3 Å². The van der Waals surface area contributed by atoms with Gasteiger partial charge in [-0.1, -0.05) is 6.07 Å². The highest BCUT2D eigenvalue weighted by Gasteiger charge is 2.21. The van der Waals surface area contributed by atoms with Crippen molar-refractivity contribution < 1.29 is 14.8 Å². The van der Waals surface area contributed by atoms with Gasteiger partial charge in [-0.3, -0.25) is 14.9 Å². The first kappa shape index (κ1) is 12.6. The molecule has 0 bridgehead atoms. The van der Waals surface area contributed by atoms with E-state index in [0.29, 0.717) is 10.0 Å². The van der Waals surface area contributed by atoms with E-state index in [2.05, 4.69) is 15.9 Å². The van der Waals surface area contributed by atoms with Crippen LogP contribution in [0.25, 0.3) is 0 Å². The molecular weight excluding hydrogens is 280 g/mol. The van der Waals surface area contributed by atoms with Gasteiger partial charge in [0.05, 0.1) is 15.3 Å². The number of carboxylic acids is 1. The lowest BCUT2D eigenvalue weighted by atomic mass is 9.99. The molecule has 0 saturated carbocycles. The minimum Gasteiger partial charge on any atom is -0.481 e. The molecule has 0 radical (unpaired) electrons. The summed E-state index contributed by atoms with van der Waals surface area (Å²) >= 11 is 3.02. The van der Waals surface area contributed by atoms with E-state index in [4.69, 9.17) is 10.8 Å². The number of hydrogen-bond donors (Lipinski definition) is 2. The van der Waals surface area contributed by atoms with Crippen molar-refractivity contribution in [2.24, 2.45) is 5.73 Å². The van der Waals surface area contributed by atoms with Gasteiger partial charge < -0.3 is 10.8 Å². The Balaban J connectivity index is 3.21. The fourth-order valence-corrected chi connectivity index (χ4v) is 1.66. The summed E-state index contributed by atoms with van der Waals surface area (Å²) in [6.45, 7) is -0.103. The highest BCUT2D eigenvalue weighted by molar-refractivity contribution is 9.10. The summed E-state index contributed by atoms with van der Waals surface area (Å²) in [5.41, 5.74) is 5.46. The van der Waals surface area contributed by atoms with Crippen LogP contribution in [0.2, 0.25) is 0 Å². The summed E-state index contributed by atoms with van der Waals surface area (Å²) in [6, 6.07) is 4.16. The Labute approximate surface area is 99.3 Å². The molecule has 86 valence electrons. The van der Waals surface area contributed by atoms with Gasteiger partial charge in [-0.15, -0.1) is 0 Å². The largest absolute Gasteiger partial charge is 0.481 e. The summed E-state index contributed by atoms with van der Waals surface area (Å²) in [5, 5.41) is 19.5. The fraction of sp³-hybridized carbons (Fsp3) is 0.222. The van der Waals surface area contributed by atoms with Gasteiger partial charge in [-0.05, 0) is 27.6 Å². The zero-order chi connectivity index (χ0) is 12.3. The van der Waals surface area contributed by atoms with Crippen molar-refractivity contribution >= 4 is 27.6 Å². The van der Waals surface area contributed by atoms with Crippen molar-refractivity contribution in [1.82, 2.24) is 0 Å². The molecule has 7 heteroatoms. The van der Waals surface area contributed by atoms with Crippen LogP contribution >= 0.6 is 15.9 Å². The molecule has 0 aliphatic heterocycles. The third-order valence-electron chi connectivity index (χ3n) is 2.10. The Morgan fingerprint density at radius 3 is 2.69 bits per heavy atom. The minimum atomic E-state index is -1.10. The Hall–Kier alpha value is -1.47. The second kappa shape index (κ2) is 5.04. The lowest BCUT2D eigenvalue weighted by molar-refractivity contribution is -0.385. The number of nitro benzene ring substituents is 1. The molecule has 1 aromatic carbocycles. The molecule has 0 fully saturated rings. The van der Waals surface area contributed by atoms with E-state index in [1.165, 1.54) is 18.2 Å². The van der Waals surface area contributed by atoms with E-state index >= 15 is 0 Å². The van der Waals surface area contributed by atoms with E-state index in [9.17, 15) is 14.9 Å². The fourth-order valence-electron chi connectivity index (χ4n) is 1.27. The summed E-state index contributed by atoms with van der Waals surface area (Å²) < 4.78 is 0.308. The van der Waals surface area contributed by atoms with Crippen molar-refractivity contribution in [3.63, 3.8) is 0 Å². The van der Waals surface area contributed by atoms with E-state index < -0.39 is 16.8 Å². The van der Waals surface area contributed by atoms with Crippen LogP contribution < -0.4 is 5.73 Å². The number of aliphatic carboxylic acids is 1. The lowest BCUT2D eigenvalue weighted by Crippen LogP contribution is -2.21. The lowest BCUT2D eigenvalue weighted by Gasteiger charge is -2.09. The summed E-state index contributed by atoms with van der Waals surface area (Å²) in [4.78, 5) is 20.9. The van der Waals surface area contributed by atoms with Crippen molar-refractivity contribution in [1.29, 1.82) is 0 Å². The van der Waals surface area contributed by atoms with Crippen LogP contribution in [-0.4, -0.2) is 22.5 Å². The van der Waals surface area contributed by atoms with Crippen LogP contribution in [0.4, 0.5) is 5.69 Å². The van der Waals surface area contributed by atoms with Gasteiger partial charge in [0, 0.05) is 12.6 Å². The van der Waals surface area contributed by atoms with Crippen molar-refractivity contribution in [2.45, 2.75) is 5.92 Å². The second-order valence-corrected chi connectivity index (χ2v) is 3.95. The molecule has 0 aromatic heterocycles. The SMILES string of the molecule is NCC(C(=O)O)c1ccc(Br)c([N+](=O)[O-])c1. The van der Waals surface area contributed by atoms with E-state index in [1.54, 1.807) is 0 Å². The molecule has 3 N–H and O–H groups in total. The third-order valence-corrected chi connectivity index (χ3v) is 2.77. The Bertz CT molecular complexity index is 436. The molecule has 1 aromatic rings. The minimum absolute atomic E-state index is 0.103. The summed E-state index contributed by atoms with van der Waals surface area (Å²) in [7, 11) is 0. The number of halogens is 1. The normalized spacial score (nSPS) is 12.1. The standard InChI is InChI=1S/C9H9BrN2O4/c10-7-2-1-5(3-8(7)12(15)16)6(4-11)9(13)14/h1-3,6H,4,11H2,(H,13,14). The van der Waals surface area contributed by atoms with Gasteiger partial charge in [-0.2, -0.15) is 0 Å². The molecular formula is C9H9BrN2O4. The van der Waals surface area contributed by atoms with Gasteiger partial charge in [0.15, 0.2) is 0 Å². The van der Waals surface area contributed by atoms with Crippen molar-refractivity contribution in [3.8, 4) is 0 Å². The predicted molar refractivity (Wildman–Crippen MR) is 60.2 cm³/mol. The monoisotopic (exact) mass is 288 g/mol. The maximum Gasteiger partial charge on any atom is 0.312 e. The van der Waals surface area contributed by atoms with Crippen LogP contribution in [0.15, 0.2) is 22.7 Å². The number of rotatable bonds is 4. The van der Waals surface area contributed by atoms with Crippen LogP contribution in [0.3, 0.4) is 0 Å². The average molecular weight is 289 g/mol. The van der Waals surface area contributed by atoms with Gasteiger partial charge in [0.25, 0.3) is 5.69 Å². The Morgan fingerprint density at radius 1 is 1.62 bits per heavy atom. The number of nitrogens with two attached hydrogens (primary N) is 1. The molecule has 6 nitrogen and oxygen atoms in total. The molecule has 1 atom stereocenters. The highest BCUT2D eigenvalue weighted by atomic mass is 79.9. The molecule has 16 heavy (non-hydrogen) atoms. The van der Waals surface area contributed by atoms with Crippen LogP contribution in [0.1, 0.15) is 11.5 Å². The van der Waals surface area contributed by atoms with Crippen LogP contribution in [-0.2, 0) is 4.79 Å². The zero-order valence-corrected chi connectivity index (χ0v) is 9.68. The summed E-state index contributed by atoms with van der Waals surface area (Å²) in [5.74, 6) is -2.02. The first-order chi connectivity index (χ1) is 7.47. The second-order valence-electron chi connectivity index (χ2n) is 3.09. The van der Waals surface area contributed by atoms with E-state index in [1.807, 2.05) is 0 Å². The number of nitrogens with zero attached hydrogens (tertiary/aromatic N) is 1.